The van der Waals surface area contributed by atoms with Gasteiger partial charge in [-0.05, 0) is 121 Å². The monoisotopic (exact) mass is 432 g/mol. The average Bonchev–Trinajstić information content (AvgIpc) is 3.59. The zero-order chi connectivity index (χ0) is 21.9. The predicted molar refractivity (Wildman–Crippen MR) is 131 cm³/mol. The Bertz CT molecular complexity index is 889. The standard InChI is InChI=1S/C30H44N2/c1-28(2)16-21(17-30(28)22-11-10-19(13-22)27(30)32)23-14-20-15-25(23)29(26(20)31)12-6-9-24(29)18-7-4-3-5-8-18/h3-5,7-8,19-27H,6,9-17,31-32H2,1-2H3. The highest BCUT2D eigenvalue weighted by Gasteiger charge is 2.70. The van der Waals surface area contributed by atoms with Crippen LogP contribution < -0.4 is 11.5 Å². The summed E-state index contributed by atoms with van der Waals surface area (Å²) in [7, 11) is 0. The van der Waals surface area contributed by atoms with E-state index >= 15 is 0 Å². The first-order chi connectivity index (χ1) is 15.4. The lowest BCUT2D eigenvalue weighted by molar-refractivity contribution is 0.0157. The molecule has 0 amide bonds. The Balaban J connectivity index is 1.23. The number of fused-ring (bicyclic) bond motifs is 6. The van der Waals surface area contributed by atoms with Crippen molar-refractivity contribution in [1.29, 1.82) is 0 Å². The molecule has 4 N–H and O–H groups in total. The van der Waals surface area contributed by atoms with Gasteiger partial charge in [0, 0.05) is 12.1 Å². The lowest BCUT2D eigenvalue weighted by atomic mass is 9.56. The van der Waals surface area contributed by atoms with Gasteiger partial charge in [-0.25, -0.2) is 0 Å². The van der Waals surface area contributed by atoms with E-state index in [4.69, 9.17) is 11.5 Å². The summed E-state index contributed by atoms with van der Waals surface area (Å²) in [5, 5.41) is 0. The van der Waals surface area contributed by atoms with Gasteiger partial charge in [0.25, 0.3) is 0 Å². The molecule has 7 rings (SSSR count). The maximum Gasteiger partial charge on any atom is 0.0133 e. The largest absolute Gasteiger partial charge is 0.327 e. The van der Waals surface area contributed by atoms with Gasteiger partial charge < -0.3 is 11.5 Å². The van der Waals surface area contributed by atoms with Crippen molar-refractivity contribution in [2.24, 2.45) is 63.2 Å². The Morgan fingerprint density at radius 2 is 1.62 bits per heavy atom. The molecule has 6 saturated carbocycles. The van der Waals surface area contributed by atoms with E-state index in [-0.39, 0.29) is 0 Å². The minimum absolute atomic E-state index is 0.367. The Morgan fingerprint density at radius 3 is 2.34 bits per heavy atom. The van der Waals surface area contributed by atoms with Gasteiger partial charge in [0.15, 0.2) is 0 Å². The molecule has 1 aromatic carbocycles. The molecule has 174 valence electrons. The molecule has 11 unspecified atom stereocenters. The van der Waals surface area contributed by atoms with Gasteiger partial charge in [-0.2, -0.15) is 0 Å². The molecule has 2 nitrogen and oxygen atoms in total. The fourth-order valence-corrected chi connectivity index (χ4v) is 12.0. The molecule has 0 aromatic heterocycles. The van der Waals surface area contributed by atoms with Crippen molar-refractivity contribution in [3.05, 3.63) is 35.9 Å². The van der Waals surface area contributed by atoms with Gasteiger partial charge in [-0.3, -0.25) is 0 Å². The van der Waals surface area contributed by atoms with Gasteiger partial charge >= 0.3 is 0 Å². The summed E-state index contributed by atoms with van der Waals surface area (Å²) in [4.78, 5) is 0. The summed E-state index contributed by atoms with van der Waals surface area (Å²) >= 11 is 0. The molecular formula is C30H44N2. The first-order valence-electron chi connectivity index (χ1n) is 13.9. The summed E-state index contributed by atoms with van der Waals surface area (Å²) in [6.45, 7) is 5.20. The highest BCUT2D eigenvalue weighted by Crippen LogP contribution is 2.75. The SMILES string of the molecule is CC1(C)CC(C2CC3CC2C2(CCCC2c2ccccc2)C3N)CC12C1CCC(C1)C2N. The number of rotatable bonds is 2. The van der Waals surface area contributed by atoms with Crippen LogP contribution in [0, 0.1) is 51.8 Å². The van der Waals surface area contributed by atoms with E-state index in [9.17, 15) is 0 Å². The first kappa shape index (κ1) is 20.5. The van der Waals surface area contributed by atoms with Crippen LogP contribution in [0.2, 0.25) is 0 Å². The van der Waals surface area contributed by atoms with E-state index in [1.807, 2.05) is 0 Å². The molecule has 2 spiro atoms. The van der Waals surface area contributed by atoms with Gasteiger partial charge in [-0.15, -0.1) is 0 Å². The van der Waals surface area contributed by atoms with Crippen LogP contribution in [0.25, 0.3) is 0 Å². The van der Waals surface area contributed by atoms with Crippen molar-refractivity contribution in [2.45, 2.75) is 96.1 Å². The van der Waals surface area contributed by atoms with Crippen LogP contribution in [0.15, 0.2) is 30.3 Å². The van der Waals surface area contributed by atoms with Crippen LogP contribution in [-0.4, -0.2) is 12.1 Å². The second-order valence-corrected chi connectivity index (χ2v) is 13.9. The highest BCUT2D eigenvalue weighted by atomic mass is 14.9. The van der Waals surface area contributed by atoms with Crippen LogP contribution >= 0.6 is 0 Å². The van der Waals surface area contributed by atoms with Gasteiger partial charge in [0.2, 0.25) is 0 Å². The quantitative estimate of drug-likeness (QED) is 0.593. The number of nitrogens with two attached hydrogens (primary N) is 2. The Kier molecular flexibility index (Phi) is 4.25. The molecule has 0 saturated heterocycles. The first-order valence-corrected chi connectivity index (χ1v) is 13.9. The van der Waals surface area contributed by atoms with Gasteiger partial charge in [0.05, 0.1) is 0 Å². The van der Waals surface area contributed by atoms with Crippen molar-refractivity contribution in [3.8, 4) is 0 Å². The average molecular weight is 433 g/mol. The van der Waals surface area contributed by atoms with Crippen molar-refractivity contribution in [2.75, 3.05) is 0 Å². The maximum atomic E-state index is 7.17. The van der Waals surface area contributed by atoms with Crippen LogP contribution in [0.1, 0.15) is 89.5 Å². The van der Waals surface area contributed by atoms with Crippen LogP contribution in [0.3, 0.4) is 0 Å². The molecule has 6 fully saturated rings. The normalized spacial score (nSPS) is 55.1. The van der Waals surface area contributed by atoms with Gasteiger partial charge in [-0.1, -0.05) is 50.6 Å². The van der Waals surface area contributed by atoms with Crippen LogP contribution in [0.4, 0.5) is 0 Å². The van der Waals surface area contributed by atoms with E-state index in [0.717, 1.165) is 35.5 Å². The van der Waals surface area contributed by atoms with Crippen LogP contribution in [-0.2, 0) is 0 Å². The lowest BCUT2D eigenvalue weighted by Gasteiger charge is -2.50. The van der Waals surface area contributed by atoms with Gasteiger partial charge in [0.1, 0.15) is 0 Å². The summed E-state index contributed by atoms with van der Waals surface area (Å²) in [6, 6.07) is 12.3. The summed E-state index contributed by atoms with van der Waals surface area (Å²) in [5.41, 5.74) is 17.0. The smallest absolute Gasteiger partial charge is 0.0133 e. The zero-order valence-corrected chi connectivity index (χ0v) is 20.3. The summed E-state index contributed by atoms with van der Waals surface area (Å²) in [5.74, 6) is 5.80. The third-order valence-electron chi connectivity index (χ3n) is 13.0. The summed E-state index contributed by atoms with van der Waals surface area (Å²) < 4.78 is 0. The van der Waals surface area contributed by atoms with Crippen LogP contribution in [0.5, 0.6) is 0 Å². The number of hydrogen-bond acceptors (Lipinski definition) is 2. The van der Waals surface area contributed by atoms with Crippen molar-refractivity contribution >= 4 is 0 Å². The molecule has 1 aromatic rings. The van der Waals surface area contributed by atoms with E-state index in [2.05, 4.69) is 44.2 Å². The van der Waals surface area contributed by atoms with E-state index in [1.165, 1.54) is 64.2 Å². The fourth-order valence-electron chi connectivity index (χ4n) is 12.0. The van der Waals surface area contributed by atoms with Crippen molar-refractivity contribution < 1.29 is 0 Å². The molecule has 6 aliphatic rings. The number of hydrogen-bond donors (Lipinski definition) is 2. The topological polar surface area (TPSA) is 52.0 Å². The fraction of sp³-hybridized carbons (Fsp3) is 0.800. The Morgan fingerprint density at radius 1 is 0.812 bits per heavy atom. The van der Waals surface area contributed by atoms with Crippen molar-refractivity contribution in [1.82, 2.24) is 0 Å². The van der Waals surface area contributed by atoms with E-state index in [0.29, 0.717) is 34.2 Å². The van der Waals surface area contributed by atoms with Crippen molar-refractivity contribution in [3.63, 3.8) is 0 Å². The second kappa shape index (κ2) is 6.63. The molecule has 2 heteroatoms. The molecule has 32 heavy (non-hydrogen) atoms. The molecule has 4 bridgehead atoms. The molecule has 0 heterocycles. The Labute approximate surface area is 195 Å². The molecule has 0 radical (unpaired) electrons. The molecular weight excluding hydrogens is 388 g/mol. The van der Waals surface area contributed by atoms with E-state index in [1.54, 1.807) is 5.56 Å². The third-order valence-corrected chi connectivity index (χ3v) is 13.0. The zero-order valence-electron chi connectivity index (χ0n) is 20.3. The molecule has 6 aliphatic carbocycles. The Hall–Kier alpha value is -0.860. The third kappa shape index (κ3) is 2.30. The maximum absolute atomic E-state index is 7.17. The minimum atomic E-state index is 0.367. The van der Waals surface area contributed by atoms with E-state index < -0.39 is 0 Å². The number of benzene rings is 1. The second-order valence-electron chi connectivity index (χ2n) is 13.9. The minimum Gasteiger partial charge on any atom is -0.327 e. The molecule has 11 atom stereocenters. The summed E-state index contributed by atoms with van der Waals surface area (Å²) in [6.07, 6.45) is 14.1. The molecule has 0 aliphatic heterocycles. The highest BCUT2D eigenvalue weighted by molar-refractivity contribution is 5.30. The lowest BCUT2D eigenvalue weighted by Crippen LogP contribution is -2.52. The predicted octanol–water partition coefficient (Wildman–Crippen LogP) is 6.10.